The van der Waals surface area contributed by atoms with E-state index in [0.717, 1.165) is 42.7 Å². The molecule has 2 nitrogen and oxygen atoms in total. The highest BCUT2D eigenvalue weighted by Crippen LogP contribution is 2.50. The molecule has 0 aliphatic heterocycles. The Morgan fingerprint density at radius 3 is 2.90 bits per heavy atom. The molecular weight excluding hydrogens is 251 g/mol. The molecule has 0 saturated heterocycles. The molecule has 3 rings (SSSR count). The normalized spacial score (nSPS) is 29.8. The molecule has 0 aromatic carbocycles. The number of nitrogens with zero attached hydrogens (tertiary/aromatic N) is 1. The molecule has 0 spiro atoms. The quantitative estimate of drug-likeness (QED) is 0.846. The SMILES string of the molecule is CCCNC(CC1CC2CCC1C2)c1cncc(F)c1. The van der Waals surface area contributed by atoms with Crippen LogP contribution in [0.4, 0.5) is 4.39 Å². The smallest absolute Gasteiger partial charge is 0.141 e. The molecule has 2 fully saturated rings. The Labute approximate surface area is 121 Å². The maximum Gasteiger partial charge on any atom is 0.141 e. The molecule has 3 heteroatoms. The lowest BCUT2D eigenvalue weighted by Gasteiger charge is -2.27. The van der Waals surface area contributed by atoms with Crippen molar-refractivity contribution in [3.05, 3.63) is 29.8 Å². The fraction of sp³-hybridized carbons (Fsp3) is 0.706. The second-order valence-corrected chi connectivity index (χ2v) is 6.61. The van der Waals surface area contributed by atoms with Gasteiger partial charge in [0.1, 0.15) is 5.82 Å². The zero-order chi connectivity index (χ0) is 13.9. The van der Waals surface area contributed by atoms with Crippen molar-refractivity contribution >= 4 is 0 Å². The van der Waals surface area contributed by atoms with Crippen molar-refractivity contribution in [2.75, 3.05) is 6.54 Å². The molecule has 1 heterocycles. The van der Waals surface area contributed by atoms with Gasteiger partial charge in [-0.2, -0.15) is 0 Å². The third kappa shape index (κ3) is 3.03. The molecule has 1 N–H and O–H groups in total. The van der Waals surface area contributed by atoms with E-state index in [1.165, 1.54) is 31.9 Å². The van der Waals surface area contributed by atoms with Gasteiger partial charge in [-0.3, -0.25) is 4.98 Å². The Bertz CT molecular complexity index is 448. The van der Waals surface area contributed by atoms with Crippen LogP contribution >= 0.6 is 0 Å². The van der Waals surface area contributed by atoms with Gasteiger partial charge in [-0.05, 0) is 68.0 Å². The molecule has 2 saturated carbocycles. The van der Waals surface area contributed by atoms with Crippen LogP contribution in [0.15, 0.2) is 18.5 Å². The number of rotatable bonds is 6. The highest BCUT2D eigenvalue weighted by molar-refractivity contribution is 5.15. The Balaban J connectivity index is 1.69. The van der Waals surface area contributed by atoms with Gasteiger partial charge in [0.15, 0.2) is 0 Å². The number of hydrogen-bond donors (Lipinski definition) is 1. The summed E-state index contributed by atoms with van der Waals surface area (Å²) in [7, 11) is 0. The van der Waals surface area contributed by atoms with Crippen LogP contribution in [0.1, 0.15) is 57.1 Å². The lowest BCUT2D eigenvalue weighted by molar-refractivity contribution is 0.279. The van der Waals surface area contributed by atoms with Crippen LogP contribution in [0.3, 0.4) is 0 Å². The molecule has 2 aliphatic carbocycles. The summed E-state index contributed by atoms with van der Waals surface area (Å²) in [5.74, 6) is 2.50. The van der Waals surface area contributed by atoms with Crippen LogP contribution in [-0.2, 0) is 0 Å². The minimum Gasteiger partial charge on any atom is -0.310 e. The van der Waals surface area contributed by atoms with Crippen LogP contribution in [0.25, 0.3) is 0 Å². The van der Waals surface area contributed by atoms with Gasteiger partial charge in [-0.15, -0.1) is 0 Å². The largest absolute Gasteiger partial charge is 0.310 e. The lowest BCUT2D eigenvalue weighted by atomic mass is 9.83. The highest BCUT2D eigenvalue weighted by Gasteiger charge is 2.40. The molecular formula is C17H25FN2. The third-order valence-electron chi connectivity index (χ3n) is 5.19. The predicted octanol–water partition coefficient (Wildman–Crippen LogP) is 4.09. The fourth-order valence-electron chi connectivity index (χ4n) is 4.24. The first-order chi connectivity index (χ1) is 9.76. The van der Waals surface area contributed by atoms with Gasteiger partial charge < -0.3 is 5.32 Å². The van der Waals surface area contributed by atoms with Crippen LogP contribution in [0.5, 0.6) is 0 Å². The van der Waals surface area contributed by atoms with E-state index in [1.807, 2.05) is 6.20 Å². The standard InChI is InChI=1S/C17H25FN2/c1-2-5-20-17(15-8-16(18)11-19-10-15)9-14-7-12-3-4-13(14)6-12/h8,10-14,17,20H,2-7,9H2,1H3. The minimum atomic E-state index is -0.223. The summed E-state index contributed by atoms with van der Waals surface area (Å²) in [5, 5.41) is 3.59. The molecule has 0 radical (unpaired) electrons. The van der Waals surface area contributed by atoms with Crippen molar-refractivity contribution in [2.24, 2.45) is 17.8 Å². The molecule has 2 aliphatic rings. The van der Waals surface area contributed by atoms with Crippen LogP contribution in [0, 0.1) is 23.6 Å². The Kier molecular flexibility index (Phi) is 4.35. The van der Waals surface area contributed by atoms with Crippen LogP contribution < -0.4 is 5.32 Å². The monoisotopic (exact) mass is 276 g/mol. The topological polar surface area (TPSA) is 24.9 Å². The van der Waals surface area contributed by atoms with E-state index >= 15 is 0 Å². The molecule has 4 unspecified atom stereocenters. The molecule has 2 bridgehead atoms. The summed E-state index contributed by atoms with van der Waals surface area (Å²) in [4.78, 5) is 4.02. The summed E-state index contributed by atoms with van der Waals surface area (Å²) < 4.78 is 13.4. The van der Waals surface area contributed by atoms with Gasteiger partial charge in [0.25, 0.3) is 0 Å². The van der Waals surface area contributed by atoms with Crippen LogP contribution in [-0.4, -0.2) is 11.5 Å². The minimum absolute atomic E-state index is 0.223. The van der Waals surface area contributed by atoms with Crippen molar-refractivity contribution in [1.82, 2.24) is 10.3 Å². The Morgan fingerprint density at radius 1 is 1.35 bits per heavy atom. The van der Waals surface area contributed by atoms with Crippen molar-refractivity contribution in [3.8, 4) is 0 Å². The Hall–Kier alpha value is -0.960. The van der Waals surface area contributed by atoms with Crippen molar-refractivity contribution < 1.29 is 4.39 Å². The molecule has 20 heavy (non-hydrogen) atoms. The van der Waals surface area contributed by atoms with E-state index in [2.05, 4.69) is 17.2 Å². The van der Waals surface area contributed by atoms with Crippen molar-refractivity contribution in [1.29, 1.82) is 0 Å². The number of hydrogen-bond acceptors (Lipinski definition) is 2. The molecule has 1 aromatic heterocycles. The summed E-state index contributed by atoms with van der Waals surface area (Å²) in [5.41, 5.74) is 1.02. The molecule has 0 amide bonds. The maximum atomic E-state index is 13.4. The summed E-state index contributed by atoms with van der Waals surface area (Å²) in [6.45, 7) is 3.16. The number of pyridine rings is 1. The zero-order valence-electron chi connectivity index (χ0n) is 12.3. The number of aromatic nitrogens is 1. The van der Waals surface area contributed by atoms with E-state index in [9.17, 15) is 4.39 Å². The fourth-order valence-corrected chi connectivity index (χ4v) is 4.24. The van der Waals surface area contributed by atoms with Gasteiger partial charge in [0.05, 0.1) is 6.20 Å². The first-order valence-corrected chi connectivity index (χ1v) is 8.10. The zero-order valence-corrected chi connectivity index (χ0v) is 12.3. The van der Waals surface area contributed by atoms with Gasteiger partial charge in [-0.1, -0.05) is 13.3 Å². The number of nitrogens with one attached hydrogen (secondary N) is 1. The van der Waals surface area contributed by atoms with E-state index in [4.69, 9.17) is 0 Å². The first kappa shape index (κ1) is 14.0. The second kappa shape index (κ2) is 6.21. The maximum absolute atomic E-state index is 13.4. The van der Waals surface area contributed by atoms with Gasteiger partial charge in [-0.25, -0.2) is 4.39 Å². The average Bonchev–Trinajstić information content (AvgIpc) is 3.06. The highest BCUT2D eigenvalue weighted by atomic mass is 19.1. The molecule has 4 atom stereocenters. The van der Waals surface area contributed by atoms with Gasteiger partial charge in [0.2, 0.25) is 0 Å². The number of fused-ring (bicyclic) bond motifs is 2. The third-order valence-corrected chi connectivity index (χ3v) is 5.19. The molecule has 1 aromatic rings. The number of halogens is 1. The van der Waals surface area contributed by atoms with E-state index in [1.54, 1.807) is 6.07 Å². The first-order valence-electron chi connectivity index (χ1n) is 8.10. The summed E-state index contributed by atoms with van der Waals surface area (Å²) in [6, 6.07) is 1.91. The van der Waals surface area contributed by atoms with E-state index in [0.29, 0.717) is 0 Å². The summed E-state index contributed by atoms with van der Waals surface area (Å²) >= 11 is 0. The second-order valence-electron chi connectivity index (χ2n) is 6.61. The van der Waals surface area contributed by atoms with Gasteiger partial charge in [0, 0.05) is 12.2 Å². The van der Waals surface area contributed by atoms with E-state index in [-0.39, 0.29) is 11.9 Å². The van der Waals surface area contributed by atoms with Crippen molar-refractivity contribution in [3.63, 3.8) is 0 Å². The predicted molar refractivity (Wildman–Crippen MR) is 78.8 cm³/mol. The van der Waals surface area contributed by atoms with E-state index < -0.39 is 0 Å². The average molecular weight is 276 g/mol. The lowest BCUT2D eigenvalue weighted by Crippen LogP contribution is -2.26. The Morgan fingerprint density at radius 2 is 2.25 bits per heavy atom. The summed E-state index contributed by atoms with van der Waals surface area (Å²) in [6.07, 6.45) is 11.0. The van der Waals surface area contributed by atoms with Crippen molar-refractivity contribution in [2.45, 2.75) is 51.5 Å². The van der Waals surface area contributed by atoms with Crippen LogP contribution in [0.2, 0.25) is 0 Å². The molecule has 110 valence electrons. The van der Waals surface area contributed by atoms with Gasteiger partial charge >= 0.3 is 0 Å².